The molecule has 7 heteroatoms. The van der Waals surface area contributed by atoms with Crippen LogP contribution in [0.1, 0.15) is 25.3 Å². The Hall–Kier alpha value is -1.96. The summed E-state index contributed by atoms with van der Waals surface area (Å²) in [7, 11) is -4.22. The molecule has 0 bridgehead atoms. The Balaban J connectivity index is 2.14. The highest BCUT2D eigenvalue weighted by Crippen LogP contribution is 2.29. The first kappa shape index (κ1) is 18.8. The van der Waals surface area contributed by atoms with E-state index in [4.69, 9.17) is 4.74 Å². The molecule has 138 valence electrons. The summed E-state index contributed by atoms with van der Waals surface area (Å²) in [6, 6.07) is 12.3. The van der Waals surface area contributed by atoms with Gasteiger partial charge in [-0.15, -0.1) is 0 Å². The van der Waals surface area contributed by atoms with E-state index in [2.05, 4.69) is 28.8 Å². The van der Waals surface area contributed by atoms with E-state index in [0.717, 1.165) is 31.8 Å². The number of fused-ring (bicyclic) bond motifs is 3. The Kier molecular flexibility index (Phi) is 5.60. The maximum atomic E-state index is 11.0. The van der Waals surface area contributed by atoms with Crippen LogP contribution in [0.25, 0.3) is 27.1 Å². The van der Waals surface area contributed by atoms with Crippen molar-refractivity contribution >= 4 is 48.5 Å². The number of benzene rings is 2. The van der Waals surface area contributed by atoms with Crippen molar-refractivity contribution in [2.75, 3.05) is 12.4 Å². The number of allylic oxidation sites excluding steroid dienone is 1. The summed E-state index contributed by atoms with van der Waals surface area (Å²) in [4.78, 5) is 0. The van der Waals surface area contributed by atoms with Gasteiger partial charge in [0, 0.05) is 12.2 Å². The van der Waals surface area contributed by atoms with Crippen LogP contribution >= 0.6 is 11.3 Å². The Morgan fingerprint density at radius 3 is 2.77 bits per heavy atom. The standard InChI is InChI=1S/C19H21NO4S2/c1-3-24-14(2)13-18-20(11-6-12-26(21,22)23)19-16-8-5-4-7-15(16)9-10-17(19)25-18/h4-5,7-10,13H,3,6,11-12H2,1-2H3/b14-13-. The van der Waals surface area contributed by atoms with Crippen LogP contribution in [-0.4, -0.2) is 25.3 Å². The molecule has 0 N–H and O–H groups in total. The molecule has 0 atom stereocenters. The van der Waals surface area contributed by atoms with E-state index in [1.807, 2.05) is 32.1 Å². The maximum Gasteiger partial charge on any atom is 0.266 e. The molecular formula is C19H21NO4S2. The van der Waals surface area contributed by atoms with Crippen LogP contribution in [-0.2, 0) is 21.4 Å². The molecule has 0 aliphatic carbocycles. The van der Waals surface area contributed by atoms with Crippen LogP contribution in [0.3, 0.4) is 0 Å². The Morgan fingerprint density at radius 2 is 2.04 bits per heavy atom. The molecule has 0 amide bonds. The van der Waals surface area contributed by atoms with E-state index in [9.17, 15) is 13.0 Å². The van der Waals surface area contributed by atoms with Gasteiger partial charge in [-0.2, -0.15) is 4.57 Å². The summed E-state index contributed by atoms with van der Waals surface area (Å²) in [5.74, 6) is 0.434. The van der Waals surface area contributed by atoms with Crippen molar-refractivity contribution in [2.24, 2.45) is 0 Å². The quantitative estimate of drug-likeness (QED) is 0.350. The van der Waals surface area contributed by atoms with Crippen LogP contribution in [0.2, 0.25) is 0 Å². The Morgan fingerprint density at radius 1 is 1.27 bits per heavy atom. The third-order valence-corrected chi connectivity index (χ3v) is 5.97. The lowest BCUT2D eigenvalue weighted by Gasteiger charge is -2.05. The van der Waals surface area contributed by atoms with Gasteiger partial charge in [0.05, 0.1) is 28.2 Å². The second-order valence-electron chi connectivity index (χ2n) is 6.03. The minimum atomic E-state index is -4.22. The highest BCUT2D eigenvalue weighted by Gasteiger charge is 2.22. The average Bonchev–Trinajstić information content (AvgIpc) is 2.92. The second kappa shape index (κ2) is 7.73. The minimum Gasteiger partial charge on any atom is -0.748 e. The number of hydrogen-bond acceptors (Lipinski definition) is 5. The molecule has 0 aliphatic heterocycles. The van der Waals surface area contributed by atoms with Crippen molar-refractivity contribution in [1.29, 1.82) is 0 Å². The van der Waals surface area contributed by atoms with Crippen molar-refractivity contribution < 1.29 is 22.3 Å². The molecule has 0 spiro atoms. The van der Waals surface area contributed by atoms with E-state index < -0.39 is 10.1 Å². The first-order valence-corrected chi connectivity index (χ1v) is 10.9. The molecule has 0 fully saturated rings. The normalized spacial score (nSPS) is 12.8. The Bertz CT molecular complexity index is 1070. The second-order valence-corrected chi connectivity index (χ2v) is 8.61. The Labute approximate surface area is 157 Å². The van der Waals surface area contributed by atoms with Crippen LogP contribution in [0.4, 0.5) is 0 Å². The first-order chi connectivity index (χ1) is 12.4. The lowest BCUT2D eigenvalue weighted by molar-refractivity contribution is -0.667. The van der Waals surface area contributed by atoms with E-state index >= 15 is 0 Å². The zero-order chi connectivity index (χ0) is 18.7. The van der Waals surface area contributed by atoms with Gasteiger partial charge < -0.3 is 9.29 Å². The largest absolute Gasteiger partial charge is 0.748 e. The van der Waals surface area contributed by atoms with Crippen molar-refractivity contribution in [3.8, 4) is 0 Å². The number of aryl methyl sites for hydroxylation is 1. The molecule has 0 unspecified atom stereocenters. The van der Waals surface area contributed by atoms with Crippen molar-refractivity contribution in [3.05, 3.63) is 47.2 Å². The highest BCUT2D eigenvalue weighted by molar-refractivity contribution is 7.85. The summed E-state index contributed by atoms with van der Waals surface area (Å²) < 4.78 is 41.7. The highest BCUT2D eigenvalue weighted by atomic mass is 32.2. The fraction of sp³-hybridized carbons (Fsp3) is 0.316. The van der Waals surface area contributed by atoms with E-state index in [1.165, 1.54) is 0 Å². The molecule has 3 aromatic rings. The average molecular weight is 392 g/mol. The molecule has 1 heterocycles. The third-order valence-electron chi connectivity index (χ3n) is 4.09. The van der Waals surface area contributed by atoms with Gasteiger partial charge in [0.25, 0.3) is 5.01 Å². The van der Waals surface area contributed by atoms with Crippen molar-refractivity contribution in [2.45, 2.75) is 26.8 Å². The summed E-state index contributed by atoms with van der Waals surface area (Å²) >= 11 is 1.63. The van der Waals surface area contributed by atoms with Crippen LogP contribution in [0.15, 0.2) is 42.2 Å². The molecule has 5 nitrogen and oxygen atoms in total. The van der Waals surface area contributed by atoms with E-state index in [-0.39, 0.29) is 12.2 Å². The van der Waals surface area contributed by atoms with Crippen LogP contribution in [0.5, 0.6) is 0 Å². The third kappa shape index (κ3) is 4.23. The molecule has 0 aliphatic rings. The fourth-order valence-corrected chi connectivity index (χ4v) is 4.72. The molecular weight excluding hydrogens is 370 g/mol. The molecule has 3 rings (SSSR count). The summed E-state index contributed by atoms with van der Waals surface area (Å²) in [6.45, 7) is 4.88. The zero-order valence-electron chi connectivity index (χ0n) is 14.8. The SMILES string of the molecule is CCO/C(C)=C\c1sc2ccc3ccccc3c2[n+]1CCCS(=O)(=O)[O-]. The summed E-state index contributed by atoms with van der Waals surface area (Å²) in [5, 5.41) is 3.21. The maximum absolute atomic E-state index is 11.0. The number of ether oxygens (including phenoxy) is 1. The lowest BCUT2D eigenvalue weighted by Crippen LogP contribution is -2.36. The summed E-state index contributed by atoms with van der Waals surface area (Å²) in [6.07, 6.45) is 2.24. The molecule has 0 saturated carbocycles. The molecule has 0 radical (unpaired) electrons. The predicted octanol–water partition coefficient (Wildman–Crippen LogP) is 3.67. The fourth-order valence-electron chi connectivity index (χ4n) is 3.05. The monoisotopic (exact) mass is 391 g/mol. The van der Waals surface area contributed by atoms with Gasteiger partial charge in [-0.05, 0) is 31.4 Å². The molecule has 2 aromatic carbocycles. The number of thiazole rings is 1. The van der Waals surface area contributed by atoms with Gasteiger partial charge in [-0.1, -0.05) is 35.6 Å². The van der Waals surface area contributed by atoms with Crippen LogP contribution in [0, 0.1) is 0 Å². The predicted molar refractivity (Wildman–Crippen MR) is 104 cm³/mol. The molecule has 0 saturated heterocycles. The number of rotatable bonds is 7. The summed E-state index contributed by atoms with van der Waals surface area (Å²) in [5.41, 5.74) is 1.06. The number of hydrogen-bond donors (Lipinski definition) is 0. The minimum absolute atomic E-state index is 0.278. The van der Waals surface area contributed by atoms with Crippen molar-refractivity contribution in [3.63, 3.8) is 0 Å². The smallest absolute Gasteiger partial charge is 0.266 e. The van der Waals surface area contributed by atoms with Crippen LogP contribution < -0.4 is 4.57 Å². The zero-order valence-corrected chi connectivity index (χ0v) is 16.4. The number of aromatic nitrogens is 1. The topological polar surface area (TPSA) is 70.3 Å². The molecule has 1 aromatic heterocycles. The van der Waals surface area contributed by atoms with Gasteiger partial charge in [0.15, 0.2) is 6.54 Å². The van der Waals surface area contributed by atoms with E-state index in [1.54, 1.807) is 11.3 Å². The van der Waals surface area contributed by atoms with E-state index in [0.29, 0.717) is 13.2 Å². The van der Waals surface area contributed by atoms with Crippen molar-refractivity contribution in [1.82, 2.24) is 0 Å². The van der Waals surface area contributed by atoms with Gasteiger partial charge >= 0.3 is 0 Å². The van der Waals surface area contributed by atoms with Gasteiger partial charge in [-0.25, -0.2) is 8.42 Å². The van der Waals surface area contributed by atoms with Gasteiger partial charge in [0.2, 0.25) is 5.52 Å². The molecule has 26 heavy (non-hydrogen) atoms. The van der Waals surface area contributed by atoms with Gasteiger partial charge in [0.1, 0.15) is 10.5 Å². The first-order valence-electron chi connectivity index (χ1n) is 8.48. The lowest BCUT2D eigenvalue weighted by atomic mass is 10.1. The van der Waals surface area contributed by atoms with Gasteiger partial charge in [-0.3, -0.25) is 0 Å². The number of nitrogens with zero attached hydrogens (tertiary/aromatic N) is 1.